The highest BCUT2D eigenvalue weighted by Gasteiger charge is 2.14. The van der Waals surface area contributed by atoms with Gasteiger partial charge in [-0.2, -0.15) is 0 Å². The molecule has 1 heterocycles. The minimum atomic E-state index is -3.54. The molecule has 1 aromatic heterocycles. The molecule has 0 aliphatic heterocycles. The number of aliphatic hydroxyl groups is 1. The molecule has 0 saturated carbocycles. The van der Waals surface area contributed by atoms with Gasteiger partial charge in [0.2, 0.25) is 10.0 Å². The molecule has 0 radical (unpaired) electrons. The number of nitrogens with zero attached hydrogens (tertiary/aromatic N) is 1. The van der Waals surface area contributed by atoms with Gasteiger partial charge >= 0.3 is 0 Å². The van der Waals surface area contributed by atoms with Crippen LogP contribution in [0.2, 0.25) is 0 Å². The third kappa shape index (κ3) is 3.63. The van der Waals surface area contributed by atoms with E-state index in [1.54, 1.807) is 25.3 Å². The monoisotopic (exact) mass is 312 g/mol. The molecule has 1 aromatic carbocycles. The van der Waals surface area contributed by atoms with Crippen LogP contribution in [0.5, 0.6) is 0 Å². The standard InChI is InChI=1S/C13H16N2O3S2/c1-9(16)11-3-5-13(6-4-11)20(17,18)15-8-12-7-14-10(2)19-12/h3-7,9,15-16H,8H2,1-2H3. The van der Waals surface area contributed by atoms with E-state index in [-0.39, 0.29) is 11.4 Å². The molecular weight excluding hydrogens is 296 g/mol. The molecule has 1 unspecified atom stereocenters. The average Bonchev–Trinajstić information content (AvgIpc) is 2.82. The summed E-state index contributed by atoms with van der Waals surface area (Å²) in [7, 11) is -3.54. The van der Waals surface area contributed by atoms with Crippen LogP contribution in [0.1, 0.15) is 28.5 Å². The predicted molar refractivity (Wildman–Crippen MR) is 78.0 cm³/mol. The molecule has 2 N–H and O–H groups in total. The molecule has 5 nitrogen and oxygen atoms in total. The minimum Gasteiger partial charge on any atom is -0.389 e. The molecule has 108 valence electrons. The van der Waals surface area contributed by atoms with Gasteiger partial charge in [0, 0.05) is 17.6 Å². The summed E-state index contributed by atoms with van der Waals surface area (Å²) < 4.78 is 26.7. The summed E-state index contributed by atoms with van der Waals surface area (Å²) >= 11 is 1.46. The van der Waals surface area contributed by atoms with E-state index in [1.165, 1.54) is 23.5 Å². The van der Waals surface area contributed by atoms with Crippen molar-refractivity contribution >= 4 is 21.4 Å². The van der Waals surface area contributed by atoms with Crippen molar-refractivity contribution < 1.29 is 13.5 Å². The van der Waals surface area contributed by atoms with Crippen LogP contribution in [0, 0.1) is 6.92 Å². The first kappa shape index (κ1) is 15.1. The molecule has 0 bridgehead atoms. The molecular formula is C13H16N2O3S2. The van der Waals surface area contributed by atoms with Crippen LogP contribution in [0.4, 0.5) is 0 Å². The summed E-state index contributed by atoms with van der Waals surface area (Å²) in [5, 5.41) is 10.3. The number of hydrogen-bond donors (Lipinski definition) is 2. The number of aromatic nitrogens is 1. The van der Waals surface area contributed by atoms with Crippen molar-refractivity contribution in [3.8, 4) is 0 Å². The van der Waals surface area contributed by atoms with Crippen molar-refractivity contribution in [2.75, 3.05) is 0 Å². The van der Waals surface area contributed by atoms with Gasteiger partial charge in [-0.25, -0.2) is 18.1 Å². The topological polar surface area (TPSA) is 79.3 Å². The fraction of sp³-hybridized carbons (Fsp3) is 0.308. The fourth-order valence-corrected chi connectivity index (χ4v) is 3.49. The molecule has 7 heteroatoms. The maximum atomic E-state index is 12.1. The predicted octanol–water partition coefficient (Wildman–Crippen LogP) is 1.98. The molecule has 0 fully saturated rings. The van der Waals surface area contributed by atoms with Crippen LogP contribution in [0.3, 0.4) is 0 Å². The van der Waals surface area contributed by atoms with Gasteiger partial charge < -0.3 is 5.11 Å². The zero-order valence-corrected chi connectivity index (χ0v) is 12.8. The van der Waals surface area contributed by atoms with E-state index >= 15 is 0 Å². The molecule has 0 spiro atoms. The second kappa shape index (κ2) is 6.01. The number of aryl methyl sites for hydroxylation is 1. The van der Waals surface area contributed by atoms with Crippen LogP contribution in [0.25, 0.3) is 0 Å². The SMILES string of the molecule is Cc1ncc(CNS(=O)(=O)c2ccc(C(C)O)cc2)s1. The smallest absolute Gasteiger partial charge is 0.240 e. The van der Waals surface area contributed by atoms with E-state index in [1.807, 2.05) is 6.92 Å². The quantitative estimate of drug-likeness (QED) is 0.885. The Bertz CT molecular complexity index is 676. The van der Waals surface area contributed by atoms with Crippen LogP contribution in [-0.2, 0) is 16.6 Å². The molecule has 0 amide bonds. The van der Waals surface area contributed by atoms with Gasteiger partial charge in [-0.1, -0.05) is 12.1 Å². The molecule has 0 aliphatic rings. The maximum absolute atomic E-state index is 12.1. The first-order valence-electron chi connectivity index (χ1n) is 6.07. The largest absolute Gasteiger partial charge is 0.389 e. The average molecular weight is 312 g/mol. The van der Waals surface area contributed by atoms with E-state index in [9.17, 15) is 13.5 Å². The molecule has 20 heavy (non-hydrogen) atoms. The minimum absolute atomic E-state index is 0.183. The molecule has 2 aromatic rings. The summed E-state index contributed by atoms with van der Waals surface area (Å²) in [6, 6.07) is 6.19. The lowest BCUT2D eigenvalue weighted by atomic mass is 10.1. The highest BCUT2D eigenvalue weighted by Crippen LogP contribution is 2.17. The molecule has 0 aliphatic carbocycles. The third-order valence-corrected chi connectivity index (χ3v) is 5.11. The number of rotatable bonds is 5. The second-order valence-corrected chi connectivity index (χ2v) is 7.50. The lowest BCUT2D eigenvalue weighted by Gasteiger charge is -2.08. The zero-order chi connectivity index (χ0) is 14.8. The Hall–Kier alpha value is -1.28. The van der Waals surface area contributed by atoms with Crippen molar-refractivity contribution in [3.63, 3.8) is 0 Å². The number of aliphatic hydroxyl groups excluding tert-OH is 1. The van der Waals surface area contributed by atoms with Crippen LogP contribution in [-0.4, -0.2) is 18.5 Å². The number of thiazole rings is 1. The summed E-state index contributed by atoms with van der Waals surface area (Å²) in [5.41, 5.74) is 0.682. The highest BCUT2D eigenvalue weighted by atomic mass is 32.2. The lowest BCUT2D eigenvalue weighted by molar-refractivity contribution is 0.199. The Balaban J connectivity index is 2.09. The van der Waals surface area contributed by atoms with E-state index in [0.717, 1.165) is 9.88 Å². The van der Waals surface area contributed by atoms with Crippen molar-refractivity contribution in [1.82, 2.24) is 9.71 Å². The van der Waals surface area contributed by atoms with Crippen LogP contribution < -0.4 is 4.72 Å². The van der Waals surface area contributed by atoms with Crippen molar-refractivity contribution in [2.24, 2.45) is 0 Å². The van der Waals surface area contributed by atoms with E-state index in [2.05, 4.69) is 9.71 Å². The lowest BCUT2D eigenvalue weighted by Crippen LogP contribution is -2.22. The normalized spacial score (nSPS) is 13.3. The van der Waals surface area contributed by atoms with Gasteiger partial charge in [-0.15, -0.1) is 11.3 Å². The van der Waals surface area contributed by atoms with Crippen LogP contribution in [0.15, 0.2) is 35.4 Å². The first-order valence-corrected chi connectivity index (χ1v) is 8.37. The van der Waals surface area contributed by atoms with Crippen molar-refractivity contribution in [3.05, 3.63) is 45.9 Å². The Morgan fingerprint density at radius 1 is 1.35 bits per heavy atom. The number of nitrogens with one attached hydrogen (secondary N) is 1. The van der Waals surface area contributed by atoms with Crippen LogP contribution >= 0.6 is 11.3 Å². The van der Waals surface area contributed by atoms with E-state index in [4.69, 9.17) is 0 Å². The maximum Gasteiger partial charge on any atom is 0.240 e. The Labute approximate surface area is 122 Å². The Kier molecular flexibility index (Phi) is 4.54. The summed E-state index contributed by atoms with van der Waals surface area (Å²) in [5.74, 6) is 0. The highest BCUT2D eigenvalue weighted by molar-refractivity contribution is 7.89. The zero-order valence-electron chi connectivity index (χ0n) is 11.2. The van der Waals surface area contributed by atoms with Crippen molar-refractivity contribution in [2.45, 2.75) is 31.4 Å². The third-order valence-electron chi connectivity index (χ3n) is 2.78. The first-order chi connectivity index (χ1) is 9.38. The van der Waals surface area contributed by atoms with Gasteiger partial charge in [-0.3, -0.25) is 0 Å². The Morgan fingerprint density at radius 3 is 2.50 bits per heavy atom. The molecule has 1 atom stereocenters. The van der Waals surface area contributed by atoms with E-state index in [0.29, 0.717) is 5.56 Å². The number of benzene rings is 1. The second-order valence-electron chi connectivity index (χ2n) is 4.42. The molecule has 0 saturated heterocycles. The van der Waals surface area contributed by atoms with Crippen molar-refractivity contribution in [1.29, 1.82) is 0 Å². The fourth-order valence-electron chi connectivity index (χ4n) is 1.66. The van der Waals surface area contributed by atoms with Gasteiger partial charge in [0.05, 0.1) is 16.0 Å². The van der Waals surface area contributed by atoms with Gasteiger partial charge in [-0.05, 0) is 31.5 Å². The summed E-state index contributed by atoms with van der Waals surface area (Å²) in [6.07, 6.45) is 1.05. The summed E-state index contributed by atoms with van der Waals surface area (Å²) in [6.45, 7) is 3.73. The van der Waals surface area contributed by atoms with Gasteiger partial charge in [0.15, 0.2) is 0 Å². The van der Waals surface area contributed by atoms with Gasteiger partial charge in [0.1, 0.15) is 0 Å². The van der Waals surface area contributed by atoms with E-state index < -0.39 is 16.1 Å². The number of sulfonamides is 1. The van der Waals surface area contributed by atoms with Gasteiger partial charge in [0.25, 0.3) is 0 Å². The molecule has 2 rings (SSSR count). The Morgan fingerprint density at radius 2 is 2.00 bits per heavy atom. The summed E-state index contributed by atoms with van der Waals surface area (Å²) in [4.78, 5) is 5.13. The number of hydrogen-bond acceptors (Lipinski definition) is 5.